The van der Waals surface area contributed by atoms with Crippen LogP contribution in [-0.4, -0.2) is 37.2 Å². The summed E-state index contributed by atoms with van der Waals surface area (Å²) >= 11 is 0. The van der Waals surface area contributed by atoms with Crippen molar-refractivity contribution >= 4 is 17.9 Å². The molecule has 6 nitrogen and oxygen atoms in total. The van der Waals surface area contributed by atoms with Gasteiger partial charge in [-0.1, -0.05) is 247 Å². The summed E-state index contributed by atoms with van der Waals surface area (Å²) < 4.78 is 16.8. The lowest BCUT2D eigenvalue weighted by Crippen LogP contribution is -2.30. The van der Waals surface area contributed by atoms with Gasteiger partial charge in [-0.2, -0.15) is 0 Å². The molecule has 384 valence electrons. The Balaban J connectivity index is 4.49. The molecule has 67 heavy (non-hydrogen) atoms. The summed E-state index contributed by atoms with van der Waals surface area (Å²) in [6.45, 7) is 6.47. The van der Waals surface area contributed by atoms with Gasteiger partial charge in [0.25, 0.3) is 0 Å². The maximum Gasteiger partial charge on any atom is 0.306 e. The lowest BCUT2D eigenvalue weighted by atomic mass is 10.0. The highest BCUT2D eigenvalue weighted by atomic mass is 16.6. The van der Waals surface area contributed by atoms with E-state index in [4.69, 9.17) is 14.2 Å². The van der Waals surface area contributed by atoms with Crippen LogP contribution in [0, 0.1) is 0 Å². The topological polar surface area (TPSA) is 78.9 Å². The Hall–Kier alpha value is -3.41. The minimum absolute atomic E-state index is 0.103. The molecule has 0 spiro atoms. The SMILES string of the molecule is CC/C=C\C/C=C\C/C=C\C/C=C\C/C=C\CCCC(=O)OC(COC(=O)CCCCCCC/C=C\C=C/CCCCCCCCC)COC(=O)CCCCCCCCCCCCCCCC. The van der Waals surface area contributed by atoms with E-state index in [1.54, 1.807) is 0 Å². The number of carbonyl (C=O) groups is 3. The fraction of sp³-hybridized carbons (Fsp3) is 0.721. The average molecular weight is 933 g/mol. The lowest BCUT2D eigenvalue weighted by Gasteiger charge is -2.18. The van der Waals surface area contributed by atoms with E-state index in [0.717, 1.165) is 96.3 Å². The Labute approximate surface area is 414 Å². The highest BCUT2D eigenvalue weighted by Gasteiger charge is 2.19. The zero-order chi connectivity index (χ0) is 48.6. The first kappa shape index (κ1) is 63.6. The third-order valence-corrected chi connectivity index (χ3v) is 11.9. The molecule has 0 heterocycles. The molecule has 0 radical (unpaired) electrons. The highest BCUT2D eigenvalue weighted by Crippen LogP contribution is 2.15. The van der Waals surface area contributed by atoms with E-state index < -0.39 is 6.10 Å². The van der Waals surface area contributed by atoms with Crippen LogP contribution in [0.4, 0.5) is 0 Å². The average Bonchev–Trinajstić information content (AvgIpc) is 3.33. The van der Waals surface area contributed by atoms with Crippen LogP contribution in [-0.2, 0) is 28.6 Å². The lowest BCUT2D eigenvalue weighted by molar-refractivity contribution is -0.167. The Morgan fingerprint density at radius 2 is 0.642 bits per heavy atom. The van der Waals surface area contributed by atoms with Gasteiger partial charge in [0, 0.05) is 19.3 Å². The molecular formula is C61H104O6. The zero-order valence-electron chi connectivity index (χ0n) is 43.9. The van der Waals surface area contributed by atoms with Gasteiger partial charge in [0.15, 0.2) is 6.10 Å². The molecule has 0 fully saturated rings. The summed E-state index contributed by atoms with van der Waals surface area (Å²) in [5.41, 5.74) is 0. The third-order valence-electron chi connectivity index (χ3n) is 11.9. The van der Waals surface area contributed by atoms with Gasteiger partial charge < -0.3 is 14.2 Å². The summed E-state index contributed by atoms with van der Waals surface area (Å²) in [6, 6.07) is 0. The van der Waals surface area contributed by atoms with Crippen molar-refractivity contribution in [1.82, 2.24) is 0 Å². The molecule has 1 atom stereocenters. The predicted molar refractivity (Wildman–Crippen MR) is 288 cm³/mol. The van der Waals surface area contributed by atoms with Crippen molar-refractivity contribution in [2.24, 2.45) is 0 Å². The molecule has 0 aliphatic heterocycles. The first-order chi connectivity index (χ1) is 33.0. The van der Waals surface area contributed by atoms with Crippen molar-refractivity contribution in [2.45, 2.75) is 271 Å². The van der Waals surface area contributed by atoms with E-state index in [-0.39, 0.29) is 37.5 Å². The summed E-state index contributed by atoms with van der Waals surface area (Å²) in [4.78, 5) is 38.1. The molecular weight excluding hydrogens is 829 g/mol. The fourth-order valence-electron chi connectivity index (χ4n) is 7.70. The van der Waals surface area contributed by atoms with Gasteiger partial charge in [0.2, 0.25) is 0 Å². The second kappa shape index (κ2) is 55.2. The molecule has 0 aromatic rings. The molecule has 0 bridgehead atoms. The van der Waals surface area contributed by atoms with E-state index in [1.807, 2.05) is 0 Å². The van der Waals surface area contributed by atoms with Crippen LogP contribution in [0.2, 0.25) is 0 Å². The van der Waals surface area contributed by atoms with Crippen molar-refractivity contribution in [3.8, 4) is 0 Å². The molecule has 0 aromatic carbocycles. The Morgan fingerprint density at radius 3 is 1.03 bits per heavy atom. The predicted octanol–water partition coefficient (Wildman–Crippen LogP) is 18.8. The maximum absolute atomic E-state index is 12.8. The van der Waals surface area contributed by atoms with E-state index in [0.29, 0.717) is 19.3 Å². The minimum Gasteiger partial charge on any atom is -0.462 e. The van der Waals surface area contributed by atoms with Gasteiger partial charge in [-0.05, 0) is 83.5 Å². The van der Waals surface area contributed by atoms with Crippen molar-refractivity contribution < 1.29 is 28.6 Å². The van der Waals surface area contributed by atoms with Gasteiger partial charge in [-0.25, -0.2) is 0 Å². The van der Waals surface area contributed by atoms with Crippen LogP contribution < -0.4 is 0 Å². The van der Waals surface area contributed by atoms with E-state index in [2.05, 4.69) is 106 Å². The largest absolute Gasteiger partial charge is 0.462 e. The summed E-state index contributed by atoms with van der Waals surface area (Å²) in [6.07, 6.45) is 71.5. The van der Waals surface area contributed by atoms with Crippen LogP contribution in [0.5, 0.6) is 0 Å². The third kappa shape index (κ3) is 53.4. The summed E-state index contributed by atoms with van der Waals surface area (Å²) in [5, 5.41) is 0. The standard InChI is InChI=1S/C61H104O6/c1-4-7-10-13-16-19-22-25-28-30-32-33-36-39-42-45-48-51-54-60(63)66-57-58(56-65-59(62)53-50-47-44-41-38-35-27-24-21-18-15-12-9-6-3)67-61(64)55-52-49-46-43-40-37-34-31-29-26-23-20-17-14-11-8-5-2/h8,11,17,20,26,28-30,32-34,37,43,46,58H,4-7,9-10,12-16,18-19,21-25,27,31,35-36,38-42,44-45,47-57H2,1-3H3/b11-8-,20-17-,29-26-,30-28-,33-32-,37-34-,46-43-. The number of allylic oxidation sites excluding steroid dienone is 14. The zero-order valence-corrected chi connectivity index (χ0v) is 43.9. The molecule has 0 N–H and O–H groups in total. The minimum atomic E-state index is -0.811. The van der Waals surface area contributed by atoms with Gasteiger partial charge in [-0.3, -0.25) is 14.4 Å². The number of hydrogen-bond donors (Lipinski definition) is 0. The van der Waals surface area contributed by atoms with Gasteiger partial charge in [0.05, 0.1) is 0 Å². The molecule has 0 saturated carbocycles. The van der Waals surface area contributed by atoms with Crippen LogP contribution >= 0.6 is 0 Å². The summed E-state index contributed by atoms with van der Waals surface area (Å²) in [7, 11) is 0. The molecule has 0 aliphatic rings. The smallest absolute Gasteiger partial charge is 0.306 e. The fourth-order valence-corrected chi connectivity index (χ4v) is 7.70. The summed E-state index contributed by atoms with van der Waals surface area (Å²) in [5.74, 6) is -0.972. The van der Waals surface area contributed by atoms with Gasteiger partial charge >= 0.3 is 17.9 Å². The Kier molecular flexibility index (Phi) is 52.4. The Bertz CT molecular complexity index is 1300. The van der Waals surface area contributed by atoms with Crippen LogP contribution in [0.1, 0.15) is 265 Å². The van der Waals surface area contributed by atoms with E-state index in [9.17, 15) is 14.4 Å². The van der Waals surface area contributed by atoms with Crippen molar-refractivity contribution in [2.75, 3.05) is 13.2 Å². The molecule has 0 amide bonds. The molecule has 0 rings (SSSR count). The van der Waals surface area contributed by atoms with Crippen LogP contribution in [0.3, 0.4) is 0 Å². The monoisotopic (exact) mass is 933 g/mol. The van der Waals surface area contributed by atoms with Crippen molar-refractivity contribution in [3.63, 3.8) is 0 Å². The van der Waals surface area contributed by atoms with Gasteiger partial charge in [-0.15, -0.1) is 0 Å². The highest BCUT2D eigenvalue weighted by molar-refractivity contribution is 5.71. The molecule has 0 aliphatic carbocycles. The van der Waals surface area contributed by atoms with Crippen molar-refractivity contribution in [3.05, 3.63) is 85.1 Å². The number of ether oxygens (including phenoxy) is 3. The molecule has 1 unspecified atom stereocenters. The quantitative estimate of drug-likeness (QED) is 0.0199. The first-order valence-electron chi connectivity index (χ1n) is 28.1. The number of rotatable bonds is 50. The maximum atomic E-state index is 12.8. The van der Waals surface area contributed by atoms with Crippen molar-refractivity contribution in [1.29, 1.82) is 0 Å². The number of esters is 3. The van der Waals surface area contributed by atoms with Crippen LogP contribution in [0.25, 0.3) is 0 Å². The number of hydrogen-bond acceptors (Lipinski definition) is 6. The normalized spacial score (nSPS) is 12.7. The van der Waals surface area contributed by atoms with Crippen LogP contribution in [0.15, 0.2) is 85.1 Å². The van der Waals surface area contributed by atoms with E-state index in [1.165, 1.54) is 122 Å². The number of unbranched alkanes of at least 4 members (excludes halogenated alkanes) is 26. The Morgan fingerprint density at radius 1 is 0.328 bits per heavy atom. The second-order valence-corrected chi connectivity index (χ2v) is 18.5. The number of carbonyl (C=O) groups excluding carboxylic acids is 3. The van der Waals surface area contributed by atoms with Gasteiger partial charge in [0.1, 0.15) is 13.2 Å². The van der Waals surface area contributed by atoms with E-state index >= 15 is 0 Å². The molecule has 0 saturated heterocycles. The molecule has 0 aromatic heterocycles. The second-order valence-electron chi connectivity index (χ2n) is 18.5. The first-order valence-corrected chi connectivity index (χ1v) is 28.1. The molecule has 6 heteroatoms.